The number of rotatable bonds is 11. The third-order valence-corrected chi connectivity index (χ3v) is 11.9. The third-order valence-electron chi connectivity index (χ3n) is 11.9. The van der Waals surface area contributed by atoms with E-state index in [9.17, 15) is 28.8 Å². The largest absolute Gasteiger partial charge is 0.497 e. The fourth-order valence-electron chi connectivity index (χ4n) is 8.80. The van der Waals surface area contributed by atoms with Crippen LogP contribution < -0.4 is 15.0 Å². The van der Waals surface area contributed by atoms with Crippen molar-refractivity contribution in [1.29, 1.82) is 0 Å². The normalized spacial score (nSPS) is 21.7. The number of amides is 8. The van der Waals surface area contributed by atoms with Gasteiger partial charge in [0.1, 0.15) is 17.6 Å². The van der Waals surface area contributed by atoms with E-state index in [4.69, 9.17) is 4.74 Å². The fraction of sp³-hybridized carbons (Fsp3) is 0.250. The van der Waals surface area contributed by atoms with Crippen LogP contribution in [0.25, 0.3) is 0 Å². The molecule has 3 unspecified atom stereocenters. The van der Waals surface area contributed by atoms with E-state index in [0.717, 1.165) is 21.6 Å². The van der Waals surface area contributed by atoms with Crippen molar-refractivity contribution in [1.82, 2.24) is 15.1 Å². The second-order valence-corrected chi connectivity index (χ2v) is 15.4. The molecule has 3 aliphatic rings. The Hall–Kier alpha value is -6.88. The van der Waals surface area contributed by atoms with Crippen molar-refractivity contribution in [3.05, 3.63) is 167 Å². The molecular formula is C48H44N4O7. The van der Waals surface area contributed by atoms with Crippen LogP contribution in [0.4, 0.5) is 15.3 Å². The van der Waals surface area contributed by atoms with E-state index < -0.39 is 53.6 Å². The van der Waals surface area contributed by atoms with Gasteiger partial charge < -0.3 is 4.74 Å². The topological polar surface area (TPSA) is 133 Å². The molecule has 59 heavy (non-hydrogen) atoms. The number of urea groups is 2. The van der Waals surface area contributed by atoms with Crippen molar-refractivity contribution < 1.29 is 33.5 Å². The second-order valence-electron chi connectivity index (χ2n) is 15.4. The molecule has 1 aliphatic carbocycles. The average molecular weight is 789 g/mol. The molecule has 3 fully saturated rings. The van der Waals surface area contributed by atoms with Crippen LogP contribution in [0.15, 0.2) is 140 Å². The van der Waals surface area contributed by atoms with Crippen molar-refractivity contribution in [2.45, 2.75) is 50.6 Å². The van der Waals surface area contributed by atoms with E-state index in [-0.39, 0.29) is 24.8 Å². The molecule has 5 aromatic rings. The van der Waals surface area contributed by atoms with Gasteiger partial charge in [0.15, 0.2) is 0 Å². The maximum Gasteiger partial charge on any atom is 0.338 e. The van der Waals surface area contributed by atoms with Gasteiger partial charge in [-0.05, 0) is 96.0 Å². The highest BCUT2D eigenvalue weighted by Gasteiger charge is 2.50. The molecule has 11 nitrogen and oxygen atoms in total. The Bertz CT molecular complexity index is 2360. The van der Waals surface area contributed by atoms with Gasteiger partial charge in [-0.15, -0.1) is 0 Å². The molecule has 0 aromatic heterocycles. The van der Waals surface area contributed by atoms with Crippen LogP contribution in [-0.4, -0.2) is 52.6 Å². The first kappa shape index (κ1) is 39.0. The number of anilines is 1. The van der Waals surface area contributed by atoms with Crippen molar-refractivity contribution in [2.24, 2.45) is 17.8 Å². The summed E-state index contributed by atoms with van der Waals surface area (Å²) in [7, 11) is 1.56. The SMILES string of the molecule is COc1ccc(CC2C(=O)NC(=O)N(C(c3ccccc3)c3cccc(C4CCC(C5C(=O)N(Cc6ccccc6)C(=O)N(c6ccccc6)C5=O)CC4)c3)C2=O)cc1. The highest BCUT2D eigenvalue weighted by atomic mass is 16.5. The van der Waals surface area contributed by atoms with Crippen LogP contribution in [0.1, 0.15) is 65.5 Å². The summed E-state index contributed by atoms with van der Waals surface area (Å²) in [6.45, 7) is 0.0598. The Labute approximate surface area is 342 Å². The summed E-state index contributed by atoms with van der Waals surface area (Å²) in [4.78, 5) is 86.8. The fourth-order valence-corrected chi connectivity index (χ4v) is 8.80. The first-order chi connectivity index (χ1) is 28.7. The zero-order valence-electron chi connectivity index (χ0n) is 32.6. The number of hydrogen-bond donors (Lipinski definition) is 1. The number of benzene rings is 5. The van der Waals surface area contributed by atoms with Crippen LogP contribution in [0.5, 0.6) is 5.75 Å². The van der Waals surface area contributed by atoms with E-state index in [0.29, 0.717) is 48.2 Å². The summed E-state index contributed by atoms with van der Waals surface area (Å²) in [5.41, 5.74) is 4.39. The molecule has 0 spiro atoms. The van der Waals surface area contributed by atoms with E-state index in [1.807, 2.05) is 91.0 Å². The number of nitrogens with zero attached hydrogens (tertiary/aromatic N) is 3. The van der Waals surface area contributed by atoms with Crippen molar-refractivity contribution >= 4 is 41.4 Å². The number of carbonyl (C=O) groups excluding carboxylic acids is 6. The molecule has 0 radical (unpaired) electrons. The van der Waals surface area contributed by atoms with E-state index in [1.165, 1.54) is 9.80 Å². The minimum absolute atomic E-state index is 0.0598. The molecule has 1 saturated carbocycles. The van der Waals surface area contributed by atoms with Crippen molar-refractivity contribution in [3.8, 4) is 5.75 Å². The van der Waals surface area contributed by atoms with Gasteiger partial charge in [0.25, 0.3) is 0 Å². The van der Waals surface area contributed by atoms with Gasteiger partial charge in [0.2, 0.25) is 23.6 Å². The molecule has 3 atom stereocenters. The molecule has 298 valence electrons. The second kappa shape index (κ2) is 16.9. The molecule has 5 aromatic carbocycles. The van der Waals surface area contributed by atoms with Crippen LogP contribution in [0, 0.1) is 17.8 Å². The lowest BCUT2D eigenvalue weighted by atomic mass is 9.72. The Morgan fingerprint density at radius 2 is 1.27 bits per heavy atom. The predicted octanol–water partition coefficient (Wildman–Crippen LogP) is 7.81. The summed E-state index contributed by atoms with van der Waals surface area (Å²) in [5, 5.41) is 2.45. The van der Waals surface area contributed by atoms with Crippen LogP contribution in [0.2, 0.25) is 0 Å². The molecule has 8 amide bonds. The lowest BCUT2D eigenvalue weighted by Crippen LogP contribution is -2.61. The summed E-state index contributed by atoms with van der Waals surface area (Å²) in [6.07, 6.45) is 2.63. The van der Waals surface area contributed by atoms with Crippen LogP contribution in [0.3, 0.4) is 0 Å². The van der Waals surface area contributed by atoms with Gasteiger partial charge in [-0.1, -0.05) is 115 Å². The molecule has 1 N–H and O–H groups in total. The van der Waals surface area contributed by atoms with Gasteiger partial charge in [0.05, 0.1) is 25.4 Å². The number of nitrogens with one attached hydrogen (secondary N) is 1. The summed E-state index contributed by atoms with van der Waals surface area (Å²) < 4.78 is 5.26. The zero-order chi connectivity index (χ0) is 41.0. The highest BCUT2D eigenvalue weighted by molar-refractivity contribution is 6.27. The van der Waals surface area contributed by atoms with Crippen LogP contribution >= 0.6 is 0 Å². The Kier molecular flexibility index (Phi) is 11.2. The monoisotopic (exact) mass is 788 g/mol. The summed E-state index contributed by atoms with van der Waals surface area (Å²) in [5.74, 6) is -3.89. The van der Waals surface area contributed by atoms with Crippen molar-refractivity contribution in [3.63, 3.8) is 0 Å². The molecule has 2 saturated heterocycles. The zero-order valence-corrected chi connectivity index (χ0v) is 32.6. The lowest BCUT2D eigenvalue weighted by Gasteiger charge is -2.41. The van der Waals surface area contributed by atoms with Crippen LogP contribution in [-0.2, 0) is 32.1 Å². The highest BCUT2D eigenvalue weighted by Crippen LogP contribution is 2.43. The van der Waals surface area contributed by atoms with E-state index >= 15 is 0 Å². The lowest BCUT2D eigenvalue weighted by molar-refractivity contribution is -0.145. The Morgan fingerprint density at radius 1 is 0.644 bits per heavy atom. The molecular weight excluding hydrogens is 745 g/mol. The smallest absolute Gasteiger partial charge is 0.338 e. The number of hydrogen-bond acceptors (Lipinski definition) is 7. The first-order valence-electron chi connectivity index (χ1n) is 20.0. The third kappa shape index (κ3) is 7.88. The maximum absolute atomic E-state index is 14.3. The molecule has 11 heteroatoms. The molecule has 2 heterocycles. The molecule has 2 aliphatic heterocycles. The number of imide groups is 4. The molecule has 8 rings (SSSR count). The minimum Gasteiger partial charge on any atom is -0.497 e. The Morgan fingerprint density at radius 3 is 1.93 bits per heavy atom. The Balaban J connectivity index is 1.04. The van der Waals surface area contributed by atoms with E-state index in [2.05, 4.69) is 5.32 Å². The first-order valence-corrected chi connectivity index (χ1v) is 20.0. The maximum atomic E-state index is 14.3. The van der Waals surface area contributed by atoms with Gasteiger partial charge in [-0.3, -0.25) is 34.3 Å². The minimum atomic E-state index is -1.12. The number of para-hydroxylation sites is 1. The summed E-state index contributed by atoms with van der Waals surface area (Å²) in [6, 6.07) is 40.0. The number of barbiturate groups is 2. The number of ether oxygens (including phenoxy) is 1. The molecule has 0 bridgehead atoms. The summed E-state index contributed by atoms with van der Waals surface area (Å²) >= 11 is 0. The van der Waals surface area contributed by atoms with Gasteiger partial charge >= 0.3 is 12.1 Å². The van der Waals surface area contributed by atoms with E-state index in [1.54, 1.807) is 55.6 Å². The predicted molar refractivity (Wildman–Crippen MR) is 220 cm³/mol. The average Bonchev–Trinajstić information content (AvgIpc) is 3.27. The van der Waals surface area contributed by atoms with Gasteiger partial charge in [-0.25, -0.2) is 14.5 Å². The quantitative estimate of drug-likeness (QED) is 0.135. The van der Waals surface area contributed by atoms with Gasteiger partial charge in [0, 0.05) is 0 Å². The van der Waals surface area contributed by atoms with Gasteiger partial charge in [-0.2, -0.15) is 0 Å². The van der Waals surface area contributed by atoms with Crippen molar-refractivity contribution in [2.75, 3.05) is 12.0 Å². The number of carbonyl (C=O) groups is 6. The number of methoxy groups -OCH3 is 1. The standard InChI is InChI=1S/C48H44N4O7/c1-59-39-26-20-31(21-27-39)28-40-43(53)49-47(57)52(44(40)54)42(35-14-7-3-8-15-35)37-17-11-16-36(29-37)33-22-24-34(25-23-33)41-45(55)50(30-32-12-5-2-6-13-32)48(58)51(46(41)56)38-18-9-4-10-19-38/h2-21,26-27,29,33-34,40-42H,22-25,28,30H2,1H3,(H,49,53,57).